The Morgan fingerprint density at radius 3 is 2.32 bits per heavy atom. The average Bonchev–Trinajstić information content (AvgIpc) is 3.02. The van der Waals surface area contributed by atoms with E-state index < -0.39 is 32.7 Å². The van der Waals surface area contributed by atoms with E-state index in [1.165, 1.54) is 47.1 Å². The van der Waals surface area contributed by atoms with Gasteiger partial charge in [-0.15, -0.1) is 0 Å². The van der Waals surface area contributed by atoms with E-state index >= 15 is 0 Å². The number of unbranched alkanes of at least 4 members (excludes halogenated alkanes) is 1. The molecule has 0 saturated heterocycles. The molecule has 1 aliphatic carbocycles. The molecule has 0 heterocycles. The molecule has 0 aliphatic heterocycles. The molecule has 2 aromatic carbocycles. The Balaban J connectivity index is 0.00000196. The van der Waals surface area contributed by atoms with Crippen molar-refractivity contribution in [3.63, 3.8) is 0 Å². The molecule has 1 unspecified atom stereocenters. The summed E-state index contributed by atoms with van der Waals surface area (Å²) in [5.41, 5.74) is 8.78. The van der Waals surface area contributed by atoms with Crippen molar-refractivity contribution in [2.75, 3.05) is 0 Å². The Morgan fingerprint density at radius 1 is 1.00 bits per heavy atom. The fourth-order valence-electron chi connectivity index (χ4n) is 3.58. The van der Waals surface area contributed by atoms with Crippen molar-refractivity contribution in [3.05, 3.63) is 64.7 Å². The van der Waals surface area contributed by atoms with E-state index in [4.69, 9.17) is 2.50 Å². The first-order chi connectivity index (χ1) is 12.6. The van der Waals surface area contributed by atoms with Crippen LogP contribution in [0.4, 0.5) is 0 Å². The molecule has 3 rings (SSSR count). The third-order valence-corrected chi connectivity index (χ3v) is 12.4. The van der Waals surface area contributed by atoms with Gasteiger partial charge in [-0.3, -0.25) is 0 Å². The molecular formula is C23H30Cl2OSiZr. The summed E-state index contributed by atoms with van der Waals surface area (Å²) in [6.45, 7) is 9.11. The zero-order valence-electron chi connectivity index (χ0n) is 17.3. The maximum Gasteiger partial charge on any atom is -1.00 e. The van der Waals surface area contributed by atoms with Crippen LogP contribution in [0.3, 0.4) is 0 Å². The summed E-state index contributed by atoms with van der Waals surface area (Å²) in [6.07, 6.45) is 7.38. The molecule has 0 amide bonds. The maximum absolute atomic E-state index is 6.34. The van der Waals surface area contributed by atoms with Crippen molar-refractivity contribution < 1.29 is 51.0 Å². The van der Waals surface area contributed by atoms with Gasteiger partial charge in [-0.25, -0.2) is 0 Å². The fourth-order valence-corrected chi connectivity index (χ4v) is 8.86. The number of halogens is 2. The van der Waals surface area contributed by atoms with Crippen molar-refractivity contribution in [2.45, 2.75) is 56.3 Å². The Bertz CT molecular complexity index is 775. The van der Waals surface area contributed by atoms with E-state index in [0.717, 1.165) is 6.42 Å². The number of hydrogen-bond donors (Lipinski definition) is 0. The second-order valence-corrected chi connectivity index (χ2v) is 13.5. The van der Waals surface area contributed by atoms with Crippen LogP contribution in [0.25, 0.3) is 17.2 Å². The quantitative estimate of drug-likeness (QED) is 0.470. The summed E-state index contributed by atoms with van der Waals surface area (Å²) < 4.78 is 6.95. The first kappa shape index (κ1) is 25.9. The SMILES string of the molecule is CCCCC1=Cc2c(-c3ccc(CC)cc3)cccc2[CH]1[Zr+2][O][SiH](C)C.[Cl-].[Cl-]. The monoisotopic (exact) mass is 510 g/mol. The predicted octanol–water partition coefficient (Wildman–Crippen LogP) is 0.550. The van der Waals surface area contributed by atoms with Crippen LogP contribution in [0.15, 0.2) is 48.0 Å². The minimum Gasteiger partial charge on any atom is -1.00 e. The van der Waals surface area contributed by atoms with Crippen molar-refractivity contribution >= 4 is 15.1 Å². The van der Waals surface area contributed by atoms with Crippen LogP contribution in [-0.2, 0) is 32.6 Å². The third-order valence-electron chi connectivity index (χ3n) is 5.07. The molecule has 2 aromatic rings. The average molecular weight is 513 g/mol. The Hall–Kier alpha value is -0.180. The number of rotatable bonds is 8. The van der Waals surface area contributed by atoms with E-state index in [-0.39, 0.29) is 24.8 Å². The van der Waals surface area contributed by atoms with Gasteiger partial charge in [0.2, 0.25) is 0 Å². The van der Waals surface area contributed by atoms with E-state index in [9.17, 15) is 0 Å². The van der Waals surface area contributed by atoms with E-state index in [1.807, 2.05) is 0 Å². The molecule has 0 N–H and O–H groups in total. The van der Waals surface area contributed by atoms with Crippen LogP contribution in [-0.4, -0.2) is 9.04 Å². The predicted molar refractivity (Wildman–Crippen MR) is 111 cm³/mol. The summed E-state index contributed by atoms with van der Waals surface area (Å²) in [5.74, 6) is 0. The molecule has 1 aliphatic rings. The van der Waals surface area contributed by atoms with Crippen molar-refractivity contribution in [1.82, 2.24) is 0 Å². The molecule has 28 heavy (non-hydrogen) atoms. The Labute approximate surface area is 197 Å². The largest absolute Gasteiger partial charge is 1.00 e. The summed E-state index contributed by atoms with van der Waals surface area (Å²) in [7, 11) is -0.928. The van der Waals surface area contributed by atoms with Gasteiger partial charge < -0.3 is 24.8 Å². The maximum atomic E-state index is 6.34. The van der Waals surface area contributed by atoms with Crippen LogP contribution < -0.4 is 24.8 Å². The van der Waals surface area contributed by atoms with Gasteiger partial charge in [0.05, 0.1) is 0 Å². The van der Waals surface area contributed by atoms with Crippen LogP contribution >= 0.6 is 0 Å². The normalized spacial score (nSPS) is 14.6. The Morgan fingerprint density at radius 2 is 1.71 bits per heavy atom. The van der Waals surface area contributed by atoms with E-state index in [2.05, 4.69) is 75.5 Å². The summed E-state index contributed by atoms with van der Waals surface area (Å²) in [5, 5.41) is 0. The van der Waals surface area contributed by atoms with Gasteiger partial charge in [0, 0.05) is 0 Å². The molecule has 5 heteroatoms. The zero-order chi connectivity index (χ0) is 18.5. The first-order valence-electron chi connectivity index (χ1n) is 9.97. The van der Waals surface area contributed by atoms with Gasteiger partial charge in [0.1, 0.15) is 0 Å². The number of aryl methyl sites for hydroxylation is 1. The fraction of sp³-hybridized carbons (Fsp3) is 0.391. The first-order valence-corrected chi connectivity index (χ1v) is 15.2. The van der Waals surface area contributed by atoms with Gasteiger partial charge in [0.15, 0.2) is 0 Å². The third kappa shape index (κ3) is 6.16. The molecular weight excluding hydrogens is 482 g/mol. The molecule has 1 atom stereocenters. The molecule has 0 bridgehead atoms. The molecule has 0 fully saturated rings. The smallest absolute Gasteiger partial charge is 1.00 e. The van der Waals surface area contributed by atoms with Gasteiger partial charge in [0.25, 0.3) is 0 Å². The topological polar surface area (TPSA) is 9.23 Å². The molecule has 1 nitrogen and oxygen atoms in total. The molecule has 0 spiro atoms. The minimum atomic E-state index is -0.928. The number of fused-ring (bicyclic) bond motifs is 1. The van der Waals surface area contributed by atoms with Gasteiger partial charge in [-0.05, 0) is 0 Å². The number of benzene rings is 2. The van der Waals surface area contributed by atoms with E-state index in [1.54, 1.807) is 5.57 Å². The Kier molecular flexibility index (Phi) is 11.5. The van der Waals surface area contributed by atoms with Crippen molar-refractivity contribution in [3.8, 4) is 11.1 Å². The van der Waals surface area contributed by atoms with Crippen molar-refractivity contribution in [2.24, 2.45) is 0 Å². The minimum absolute atomic E-state index is 0. The molecule has 150 valence electrons. The van der Waals surface area contributed by atoms with Gasteiger partial charge in [-0.1, -0.05) is 0 Å². The summed E-state index contributed by atoms with van der Waals surface area (Å²) in [4.78, 5) is 0. The van der Waals surface area contributed by atoms with Crippen LogP contribution in [0.1, 0.15) is 53.4 Å². The second-order valence-electron chi connectivity index (χ2n) is 7.40. The van der Waals surface area contributed by atoms with Crippen molar-refractivity contribution in [1.29, 1.82) is 0 Å². The zero-order valence-corrected chi connectivity index (χ0v) is 22.4. The number of hydrogen-bond acceptors (Lipinski definition) is 1. The standard InChI is InChI=1S/C21H23.C2H7OSi.2ClH.Zr/c1-3-5-7-17-14-19-8-6-9-20(21(19)15-17)18-12-10-16(4-2)11-13-18;1-4(2)3;;;/h6,8-15H,3-5,7H2,1-2H3;4H,1-2H3;2*1H;/q;-1;;;+3/p-2. The van der Waals surface area contributed by atoms with E-state index in [0.29, 0.717) is 3.63 Å². The van der Waals surface area contributed by atoms with Gasteiger partial charge >= 0.3 is 173 Å². The summed E-state index contributed by atoms with van der Waals surface area (Å²) >= 11 is -0.872. The summed E-state index contributed by atoms with van der Waals surface area (Å²) in [6, 6.07) is 16.0. The second kappa shape index (κ2) is 12.5. The van der Waals surface area contributed by atoms with Crippen LogP contribution in [0, 0.1) is 0 Å². The number of allylic oxidation sites excluding steroid dienone is 1. The van der Waals surface area contributed by atoms with Gasteiger partial charge in [-0.2, -0.15) is 0 Å². The molecule has 0 saturated carbocycles. The molecule has 0 radical (unpaired) electrons. The molecule has 0 aromatic heterocycles. The van der Waals surface area contributed by atoms with Crippen LogP contribution in [0.2, 0.25) is 13.1 Å². The van der Waals surface area contributed by atoms with Crippen LogP contribution in [0.5, 0.6) is 0 Å².